The van der Waals surface area contributed by atoms with Crippen LogP contribution in [0, 0.1) is 5.92 Å². The molecule has 0 radical (unpaired) electrons. The van der Waals surface area contributed by atoms with Crippen molar-refractivity contribution in [1.29, 1.82) is 0 Å². The van der Waals surface area contributed by atoms with E-state index in [1.807, 2.05) is 0 Å². The second kappa shape index (κ2) is 3.59. The molecule has 1 aromatic rings. The molecular weight excluding hydrogens is 240 g/mol. The summed E-state index contributed by atoms with van der Waals surface area (Å²) in [6, 6.07) is 4.32. The quantitative estimate of drug-likeness (QED) is 0.790. The maximum atomic E-state index is 12.6. The lowest BCUT2D eigenvalue weighted by atomic mass is 10.2. The molecule has 1 fully saturated rings. The number of halogens is 3. The van der Waals surface area contributed by atoms with Crippen LogP contribution in [0.4, 0.5) is 14.5 Å². The summed E-state index contributed by atoms with van der Waals surface area (Å²) in [4.78, 5) is 11.3. The van der Waals surface area contributed by atoms with E-state index >= 15 is 0 Å². The number of phenolic OH excluding ortho intramolecular Hbond substituents is 1. The molecule has 1 amide bonds. The lowest BCUT2D eigenvalue weighted by molar-refractivity contribution is -0.119. The van der Waals surface area contributed by atoms with Crippen LogP contribution in [0.3, 0.4) is 0 Å². The Morgan fingerprint density at radius 2 is 2.19 bits per heavy atom. The highest BCUT2D eigenvalue weighted by Crippen LogP contribution is 2.49. The molecule has 1 atom stereocenters. The van der Waals surface area contributed by atoms with Crippen molar-refractivity contribution >= 4 is 23.2 Å². The van der Waals surface area contributed by atoms with Crippen molar-refractivity contribution in [1.82, 2.24) is 0 Å². The van der Waals surface area contributed by atoms with Crippen LogP contribution in [0.1, 0.15) is 6.42 Å². The Bertz CT molecular complexity index is 450. The van der Waals surface area contributed by atoms with Gasteiger partial charge in [0.25, 0.3) is 5.92 Å². The van der Waals surface area contributed by atoms with Crippen LogP contribution < -0.4 is 5.32 Å². The van der Waals surface area contributed by atoms with Gasteiger partial charge in [0.1, 0.15) is 5.92 Å². The molecule has 6 heteroatoms. The molecule has 2 N–H and O–H groups in total. The fourth-order valence-corrected chi connectivity index (χ4v) is 1.51. The monoisotopic (exact) mass is 247 g/mol. The molecule has 1 aliphatic rings. The van der Waals surface area contributed by atoms with Gasteiger partial charge in [-0.25, -0.2) is 8.78 Å². The molecule has 0 aromatic heterocycles. The van der Waals surface area contributed by atoms with Crippen molar-refractivity contribution in [2.75, 3.05) is 5.32 Å². The maximum Gasteiger partial charge on any atom is 0.260 e. The van der Waals surface area contributed by atoms with E-state index in [0.29, 0.717) is 0 Å². The molecule has 1 aromatic carbocycles. The van der Waals surface area contributed by atoms with E-state index < -0.39 is 24.2 Å². The zero-order valence-corrected chi connectivity index (χ0v) is 8.76. The van der Waals surface area contributed by atoms with Gasteiger partial charge in [-0.3, -0.25) is 4.79 Å². The lowest BCUT2D eigenvalue weighted by Gasteiger charge is -2.07. The van der Waals surface area contributed by atoms with E-state index in [0.717, 1.165) is 0 Å². The van der Waals surface area contributed by atoms with E-state index in [2.05, 4.69) is 5.32 Å². The van der Waals surface area contributed by atoms with Crippen molar-refractivity contribution in [2.45, 2.75) is 12.3 Å². The number of carbonyl (C=O) groups excluding carboxylic acids is 1. The topological polar surface area (TPSA) is 49.3 Å². The number of amides is 1. The van der Waals surface area contributed by atoms with Crippen LogP contribution in [0.2, 0.25) is 5.02 Å². The minimum atomic E-state index is -2.92. The van der Waals surface area contributed by atoms with Gasteiger partial charge in [-0.2, -0.15) is 0 Å². The number of hydrogen-bond acceptors (Lipinski definition) is 2. The van der Waals surface area contributed by atoms with Crippen LogP contribution in [0.25, 0.3) is 0 Å². The van der Waals surface area contributed by atoms with E-state index in [9.17, 15) is 18.7 Å². The fraction of sp³-hybridized carbons (Fsp3) is 0.300. The van der Waals surface area contributed by atoms with Gasteiger partial charge in [-0.05, 0) is 12.1 Å². The predicted octanol–water partition coefficient (Wildman–Crippen LogP) is 2.64. The summed E-state index contributed by atoms with van der Waals surface area (Å²) >= 11 is 5.60. The Morgan fingerprint density at radius 3 is 2.75 bits per heavy atom. The summed E-state index contributed by atoms with van der Waals surface area (Å²) in [6.07, 6.45) is -0.444. The summed E-state index contributed by atoms with van der Waals surface area (Å²) in [7, 11) is 0. The molecule has 0 unspecified atom stereocenters. The molecular formula is C10H8ClF2NO2. The third-order valence-corrected chi connectivity index (χ3v) is 2.69. The minimum absolute atomic E-state index is 0.0419. The standard InChI is InChI=1S/C10H8ClF2NO2/c11-6-2-1-3-7(8(6)15)14-9(16)5-4-10(5,12)13/h1-3,5,15H,4H2,(H,14,16)/t5-/m0/s1. The van der Waals surface area contributed by atoms with E-state index in [1.165, 1.54) is 18.2 Å². The summed E-state index contributed by atoms with van der Waals surface area (Å²) in [6.45, 7) is 0. The van der Waals surface area contributed by atoms with Gasteiger partial charge >= 0.3 is 0 Å². The number of carbonyl (C=O) groups is 1. The number of nitrogens with one attached hydrogen (secondary N) is 1. The van der Waals surface area contributed by atoms with Crippen LogP contribution >= 0.6 is 11.6 Å². The van der Waals surface area contributed by atoms with Crippen molar-refractivity contribution in [2.24, 2.45) is 5.92 Å². The third kappa shape index (κ3) is 1.95. The summed E-state index contributed by atoms with van der Waals surface area (Å²) < 4.78 is 25.2. The average molecular weight is 248 g/mol. The SMILES string of the molecule is O=C(Nc1cccc(Cl)c1O)[C@@H]1CC1(F)F. The molecule has 1 aliphatic carbocycles. The molecule has 0 bridgehead atoms. The third-order valence-electron chi connectivity index (χ3n) is 2.39. The number of alkyl halides is 2. The summed E-state index contributed by atoms with van der Waals surface area (Å²) in [5, 5.41) is 11.7. The van der Waals surface area contributed by atoms with Gasteiger partial charge < -0.3 is 10.4 Å². The number of phenols is 1. The second-order valence-corrected chi connectivity index (χ2v) is 4.05. The van der Waals surface area contributed by atoms with E-state index in [4.69, 9.17) is 11.6 Å². The molecule has 3 nitrogen and oxygen atoms in total. The number of rotatable bonds is 2. The predicted molar refractivity (Wildman–Crippen MR) is 54.8 cm³/mol. The van der Waals surface area contributed by atoms with Crippen molar-refractivity contribution in [3.63, 3.8) is 0 Å². The van der Waals surface area contributed by atoms with Gasteiger partial charge in [0.2, 0.25) is 5.91 Å². The second-order valence-electron chi connectivity index (χ2n) is 3.64. The zero-order chi connectivity index (χ0) is 11.9. The fourth-order valence-electron chi connectivity index (χ4n) is 1.33. The largest absolute Gasteiger partial charge is 0.504 e. The van der Waals surface area contributed by atoms with Crippen LogP contribution in [-0.4, -0.2) is 16.9 Å². The number of benzene rings is 1. The first-order chi connectivity index (χ1) is 7.42. The van der Waals surface area contributed by atoms with Crippen LogP contribution in [0.5, 0.6) is 5.75 Å². The smallest absolute Gasteiger partial charge is 0.260 e. The first-order valence-electron chi connectivity index (χ1n) is 4.58. The molecule has 0 heterocycles. The zero-order valence-electron chi connectivity index (χ0n) is 8.01. The number of hydrogen-bond donors (Lipinski definition) is 2. The molecule has 1 saturated carbocycles. The highest BCUT2D eigenvalue weighted by molar-refractivity contribution is 6.32. The Labute approximate surface area is 95.0 Å². The summed E-state index contributed by atoms with van der Waals surface area (Å²) in [5.74, 6) is -5.34. The number of aromatic hydroxyl groups is 1. The van der Waals surface area contributed by atoms with Crippen LogP contribution in [0.15, 0.2) is 18.2 Å². The average Bonchev–Trinajstić information content (AvgIpc) is 2.83. The van der Waals surface area contributed by atoms with Gasteiger partial charge in [0.15, 0.2) is 5.75 Å². The molecule has 0 aliphatic heterocycles. The highest BCUT2D eigenvalue weighted by Gasteiger charge is 2.61. The Balaban J connectivity index is 2.10. The Morgan fingerprint density at radius 1 is 1.56 bits per heavy atom. The van der Waals surface area contributed by atoms with Gasteiger partial charge in [-0.1, -0.05) is 17.7 Å². The first kappa shape index (κ1) is 11.1. The molecule has 86 valence electrons. The molecule has 0 saturated heterocycles. The Kier molecular flexibility index (Phi) is 2.50. The van der Waals surface area contributed by atoms with Crippen molar-refractivity contribution < 1.29 is 18.7 Å². The van der Waals surface area contributed by atoms with Gasteiger partial charge in [-0.15, -0.1) is 0 Å². The van der Waals surface area contributed by atoms with E-state index in [1.54, 1.807) is 0 Å². The summed E-state index contributed by atoms with van der Waals surface area (Å²) in [5.41, 5.74) is 0.0419. The lowest BCUT2D eigenvalue weighted by Crippen LogP contribution is -2.17. The Hall–Kier alpha value is -1.36. The molecule has 16 heavy (non-hydrogen) atoms. The maximum absolute atomic E-state index is 12.6. The molecule has 2 rings (SSSR count). The normalized spacial score (nSPS) is 21.6. The van der Waals surface area contributed by atoms with Crippen molar-refractivity contribution in [3.8, 4) is 5.75 Å². The van der Waals surface area contributed by atoms with E-state index in [-0.39, 0.29) is 16.5 Å². The van der Waals surface area contributed by atoms with Crippen LogP contribution in [-0.2, 0) is 4.79 Å². The minimum Gasteiger partial charge on any atom is -0.504 e. The van der Waals surface area contributed by atoms with Gasteiger partial charge in [0, 0.05) is 6.42 Å². The van der Waals surface area contributed by atoms with Crippen molar-refractivity contribution in [3.05, 3.63) is 23.2 Å². The number of anilines is 1. The van der Waals surface area contributed by atoms with Gasteiger partial charge in [0.05, 0.1) is 10.7 Å². The molecule has 0 spiro atoms. The highest BCUT2D eigenvalue weighted by atomic mass is 35.5. The first-order valence-corrected chi connectivity index (χ1v) is 4.96. The number of para-hydroxylation sites is 1.